The van der Waals surface area contributed by atoms with E-state index in [2.05, 4.69) is 29.4 Å². The summed E-state index contributed by atoms with van der Waals surface area (Å²) in [5.74, 6) is 0.944. The average Bonchev–Trinajstić information content (AvgIpc) is 2.42. The Kier molecular flexibility index (Phi) is 4.61. The van der Waals surface area contributed by atoms with Gasteiger partial charge in [-0.3, -0.25) is 4.98 Å². The maximum Gasteiger partial charge on any atom is 0.122 e. The number of ether oxygens (including phenoxy) is 1. The molecule has 106 valence electrons. The van der Waals surface area contributed by atoms with E-state index in [9.17, 15) is 0 Å². The Balaban J connectivity index is 2.07. The van der Waals surface area contributed by atoms with Crippen LogP contribution in [-0.2, 0) is 6.42 Å². The van der Waals surface area contributed by atoms with Crippen molar-refractivity contribution in [3.05, 3.63) is 53.3 Å². The van der Waals surface area contributed by atoms with Crippen LogP contribution in [0.2, 0.25) is 0 Å². The fraction of sp³-hybridized carbons (Fsp3) is 0.353. The van der Waals surface area contributed by atoms with E-state index < -0.39 is 0 Å². The fourth-order valence-electron chi connectivity index (χ4n) is 2.36. The zero-order chi connectivity index (χ0) is 14.5. The summed E-state index contributed by atoms with van der Waals surface area (Å²) in [4.78, 5) is 4.48. The number of rotatable bonds is 5. The minimum Gasteiger partial charge on any atom is -0.496 e. The van der Waals surface area contributed by atoms with Gasteiger partial charge in [0, 0.05) is 11.7 Å². The lowest BCUT2D eigenvalue weighted by Gasteiger charge is -2.18. The van der Waals surface area contributed by atoms with Crippen molar-refractivity contribution in [1.29, 1.82) is 0 Å². The summed E-state index contributed by atoms with van der Waals surface area (Å²) in [6, 6.07) is 12.6. The maximum absolute atomic E-state index is 5.40. The summed E-state index contributed by atoms with van der Waals surface area (Å²) in [7, 11) is 1.71. The summed E-state index contributed by atoms with van der Waals surface area (Å²) >= 11 is 0. The van der Waals surface area contributed by atoms with E-state index in [4.69, 9.17) is 4.74 Å². The fourth-order valence-corrected chi connectivity index (χ4v) is 2.36. The monoisotopic (exact) mass is 270 g/mol. The number of aromatic nitrogens is 1. The van der Waals surface area contributed by atoms with Crippen LogP contribution >= 0.6 is 0 Å². The summed E-state index contributed by atoms with van der Waals surface area (Å²) in [6.45, 7) is 6.21. The minimum absolute atomic E-state index is 0.314. The predicted molar refractivity (Wildman–Crippen MR) is 83.5 cm³/mol. The van der Waals surface area contributed by atoms with Crippen LogP contribution in [0, 0.1) is 13.8 Å². The van der Waals surface area contributed by atoms with Crippen LogP contribution in [0.1, 0.15) is 23.9 Å². The number of benzene rings is 1. The first-order valence-electron chi connectivity index (χ1n) is 6.93. The number of aryl methyl sites for hydroxylation is 2. The molecule has 0 aliphatic carbocycles. The van der Waals surface area contributed by atoms with Crippen LogP contribution in [0.4, 0.5) is 5.69 Å². The van der Waals surface area contributed by atoms with Crippen molar-refractivity contribution in [1.82, 2.24) is 4.98 Å². The normalized spacial score (nSPS) is 12.0. The van der Waals surface area contributed by atoms with Gasteiger partial charge in [0.05, 0.1) is 18.5 Å². The van der Waals surface area contributed by atoms with Crippen molar-refractivity contribution in [3.63, 3.8) is 0 Å². The predicted octanol–water partition coefficient (Wildman–Crippen LogP) is 3.75. The molecule has 0 spiro atoms. The number of hydrogen-bond donors (Lipinski definition) is 1. The highest BCUT2D eigenvalue weighted by Crippen LogP contribution is 2.21. The van der Waals surface area contributed by atoms with E-state index >= 15 is 0 Å². The zero-order valence-corrected chi connectivity index (χ0v) is 12.6. The van der Waals surface area contributed by atoms with Crippen LogP contribution < -0.4 is 10.1 Å². The molecule has 0 amide bonds. The van der Waals surface area contributed by atoms with Gasteiger partial charge in [0.2, 0.25) is 0 Å². The first-order chi connectivity index (χ1) is 9.60. The zero-order valence-electron chi connectivity index (χ0n) is 12.6. The Bertz CT molecular complexity index is 581. The molecule has 2 aromatic rings. The molecule has 0 saturated heterocycles. The summed E-state index contributed by atoms with van der Waals surface area (Å²) in [5.41, 5.74) is 4.40. The summed E-state index contributed by atoms with van der Waals surface area (Å²) in [6.07, 6.45) is 0.914. The third-order valence-corrected chi connectivity index (χ3v) is 3.35. The molecule has 3 heteroatoms. The molecule has 1 aromatic carbocycles. The largest absolute Gasteiger partial charge is 0.496 e. The third kappa shape index (κ3) is 3.50. The van der Waals surface area contributed by atoms with E-state index in [1.54, 1.807) is 7.11 Å². The van der Waals surface area contributed by atoms with Crippen LogP contribution in [0.3, 0.4) is 0 Å². The molecule has 0 aliphatic heterocycles. The van der Waals surface area contributed by atoms with E-state index in [-0.39, 0.29) is 0 Å². The highest BCUT2D eigenvalue weighted by molar-refractivity contribution is 5.49. The molecule has 1 aromatic heterocycles. The van der Waals surface area contributed by atoms with Gasteiger partial charge in [-0.2, -0.15) is 0 Å². The maximum atomic E-state index is 5.40. The van der Waals surface area contributed by atoms with Crippen molar-refractivity contribution >= 4 is 5.69 Å². The van der Waals surface area contributed by atoms with Gasteiger partial charge >= 0.3 is 0 Å². The number of pyridine rings is 1. The molecule has 0 bridgehead atoms. The van der Waals surface area contributed by atoms with E-state index in [1.807, 2.05) is 38.1 Å². The lowest BCUT2D eigenvalue weighted by Crippen LogP contribution is -2.19. The van der Waals surface area contributed by atoms with E-state index in [1.165, 1.54) is 5.56 Å². The molecular formula is C17H22N2O. The van der Waals surface area contributed by atoms with Crippen molar-refractivity contribution < 1.29 is 4.74 Å². The van der Waals surface area contributed by atoms with Gasteiger partial charge in [0.25, 0.3) is 0 Å². The molecule has 0 aliphatic rings. The van der Waals surface area contributed by atoms with Gasteiger partial charge in [0.1, 0.15) is 5.75 Å². The minimum atomic E-state index is 0.314. The first-order valence-corrected chi connectivity index (χ1v) is 6.93. The van der Waals surface area contributed by atoms with E-state index in [0.29, 0.717) is 6.04 Å². The number of nitrogens with one attached hydrogen (secondary N) is 1. The molecule has 20 heavy (non-hydrogen) atoms. The lowest BCUT2D eigenvalue weighted by atomic mass is 10.1. The van der Waals surface area contributed by atoms with Crippen LogP contribution in [0.25, 0.3) is 0 Å². The summed E-state index contributed by atoms with van der Waals surface area (Å²) < 4.78 is 5.40. The molecule has 1 unspecified atom stereocenters. The SMILES string of the molecule is COc1ccccc1CC(C)Nc1ccc(C)nc1C. The average molecular weight is 270 g/mol. The van der Waals surface area contributed by atoms with Gasteiger partial charge in [-0.15, -0.1) is 0 Å². The van der Waals surface area contributed by atoms with E-state index in [0.717, 1.165) is 29.2 Å². The topological polar surface area (TPSA) is 34.1 Å². The number of methoxy groups -OCH3 is 1. The molecule has 1 N–H and O–H groups in total. The molecular weight excluding hydrogens is 248 g/mol. The molecule has 0 saturated carbocycles. The van der Waals surface area contributed by atoms with Gasteiger partial charge < -0.3 is 10.1 Å². The molecule has 1 atom stereocenters. The van der Waals surface area contributed by atoms with Crippen LogP contribution in [-0.4, -0.2) is 18.1 Å². The molecule has 0 fully saturated rings. The quantitative estimate of drug-likeness (QED) is 0.898. The molecule has 2 rings (SSSR count). The van der Waals surface area contributed by atoms with Crippen LogP contribution in [0.15, 0.2) is 36.4 Å². The van der Waals surface area contributed by atoms with Crippen molar-refractivity contribution in [2.45, 2.75) is 33.2 Å². The van der Waals surface area contributed by atoms with Crippen molar-refractivity contribution in [3.8, 4) is 5.75 Å². The van der Waals surface area contributed by atoms with Crippen molar-refractivity contribution in [2.75, 3.05) is 12.4 Å². The second kappa shape index (κ2) is 6.42. The Hall–Kier alpha value is -2.03. The van der Waals surface area contributed by atoms with Gasteiger partial charge in [-0.25, -0.2) is 0 Å². The highest BCUT2D eigenvalue weighted by Gasteiger charge is 2.09. The van der Waals surface area contributed by atoms with Crippen molar-refractivity contribution in [2.24, 2.45) is 0 Å². The molecule has 0 radical (unpaired) electrons. The first kappa shape index (κ1) is 14.4. The van der Waals surface area contributed by atoms with Crippen LogP contribution in [0.5, 0.6) is 5.75 Å². The number of hydrogen-bond acceptors (Lipinski definition) is 3. The molecule has 3 nitrogen and oxygen atoms in total. The number of para-hydroxylation sites is 1. The Morgan fingerprint density at radius 2 is 1.90 bits per heavy atom. The Morgan fingerprint density at radius 3 is 2.60 bits per heavy atom. The Labute approximate surface area is 121 Å². The molecule has 1 heterocycles. The Morgan fingerprint density at radius 1 is 1.15 bits per heavy atom. The highest BCUT2D eigenvalue weighted by atomic mass is 16.5. The number of nitrogens with zero attached hydrogens (tertiary/aromatic N) is 1. The van der Waals surface area contributed by atoms with Gasteiger partial charge in [0.15, 0.2) is 0 Å². The standard InChI is InChI=1S/C17H22N2O/c1-12-9-10-16(14(3)18-12)19-13(2)11-15-7-5-6-8-17(15)20-4/h5-10,13,19H,11H2,1-4H3. The lowest BCUT2D eigenvalue weighted by molar-refractivity contribution is 0.409. The summed E-state index contributed by atoms with van der Waals surface area (Å²) in [5, 5.41) is 3.52. The smallest absolute Gasteiger partial charge is 0.122 e. The van der Waals surface area contributed by atoms with Gasteiger partial charge in [-0.05, 0) is 51.0 Å². The van der Waals surface area contributed by atoms with Gasteiger partial charge in [-0.1, -0.05) is 18.2 Å². The number of anilines is 1. The third-order valence-electron chi connectivity index (χ3n) is 3.35. The second-order valence-electron chi connectivity index (χ2n) is 5.15. The second-order valence-corrected chi connectivity index (χ2v) is 5.15.